The van der Waals surface area contributed by atoms with Gasteiger partial charge in [-0.1, -0.05) is 24.3 Å². The normalized spacial score (nSPS) is 13.3. The molecule has 2 aromatic carbocycles. The van der Waals surface area contributed by atoms with Crippen molar-refractivity contribution in [3.05, 3.63) is 58.7 Å². The highest BCUT2D eigenvalue weighted by molar-refractivity contribution is 5.97. The summed E-state index contributed by atoms with van der Waals surface area (Å²) in [6, 6.07) is 12.0. The number of methoxy groups -OCH3 is 3. The molecule has 4 heteroatoms. The van der Waals surface area contributed by atoms with Gasteiger partial charge in [-0.25, -0.2) is 0 Å². The molecule has 2 aromatic rings. The highest BCUT2D eigenvalue weighted by Gasteiger charge is 2.22. The summed E-state index contributed by atoms with van der Waals surface area (Å²) in [7, 11) is 4.75. The number of fused-ring (bicyclic) bond motifs is 1. The number of rotatable bonds is 5. The van der Waals surface area contributed by atoms with Gasteiger partial charge in [0, 0.05) is 5.57 Å². The molecule has 0 unspecified atom stereocenters. The molecule has 0 heterocycles. The molecule has 0 fully saturated rings. The van der Waals surface area contributed by atoms with E-state index in [1.54, 1.807) is 21.3 Å². The molecule has 0 radical (unpaired) electrons. The van der Waals surface area contributed by atoms with E-state index in [4.69, 9.17) is 14.2 Å². The molecule has 0 amide bonds. The van der Waals surface area contributed by atoms with Crippen molar-refractivity contribution < 1.29 is 19.0 Å². The summed E-state index contributed by atoms with van der Waals surface area (Å²) < 4.78 is 16.3. The molecule has 0 aromatic heterocycles. The predicted molar refractivity (Wildman–Crippen MR) is 92.9 cm³/mol. The van der Waals surface area contributed by atoms with E-state index >= 15 is 0 Å². The Morgan fingerprint density at radius 2 is 1.58 bits per heavy atom. The molecule has 1 aliphatic carbocycles. The van der Waals surface area contributed by atoms with Crippen molar-refractivity contribution in [2.45, 2.75) is 12.8 Å². The fraction of sp³-hybridized carbons (Fsp3) is 0.250. The first-order chi connectivity index (χ1) is 11.7. The van der Waals surface area contributed by atoms with E-state index in [-0.39, 0.29) is 0 Å². The van der Waals surface area contributed by atoms with Crippen LogP contribution in [0.4, 0.5) is 0 Å². The number of aryl methyl sites for hydroxylation is 1. The van der Waals surface area contributed by atoms with Crippen LogP contribution in [0.1, 0.15) is 23.1 Å². The summed E-state index contributed by atoms with van der Waals surface area (Å²) in [5.74, 6) is 1.70. The molecule has 124 valence electrons. The van der Waals surface area contributed by atoms with E-state index in [1.165, 1.54) is 5.56 Å². The van der Waals surface area contributed by atoms with Gasteiger partial charge in [-0.2, -0.15) is 0 Å². The minimum absolute atomic E-state index is 0.543. The average molecular weight is 324 g/mol. The zero-order chi connectivity index (χ0) is 17.1. The van der Waals surface area contributed by atoms with Crippen LogP contribution in [0.2, 0.25) is 0 Å². The fourth-order valence-electron chi connectivity index (χ4n) is 3.23. The lowest BCUT2D eigenvalue weighted by atomic mass is 9.82. The Hall–Kier alpha value is -2.75. The van der Waals surface area contributed by atoms with Gasteiger partial charge in [-0.3, -0.25) is 4.79 Å². The lowest BCUT2D eigenvalue weighted by molar-refractivity contribution is -0.105. The Morgan fingerprint density at radius 3 is 2.17 bits per heavy atom. The number of carbonyl (C=O) groups excluding carboxylic acids is 1. The van der Waals surface area contributed by atoms with Crippen molar-refractivity contribution in [1.82, 2.24) is 0 Å². The fourth-order valence-corrected chi connectivity index (χ4v) is 3.23. The molecular weight excluding hydrogens is 304 g/mol. The standard InChI is InChI=1S/C20H20O4/c1-22-17-10-15(11-18(23-2)20(17)24-3)19-14(12-21)9-8-13-6-4-5-7-16(13)19/h4-7,10-12H,8-9H2,1-3H3. The van der Waals surface area contributed by atoms with Gasteiger partial charge < -0.3 is 14.2 Å². The number of hydrogen-bond acceptors (Lipinski definition) is 4. The maximum absolute atomic E-state index is 11.6. The zero-order valence-corrected chi connectivity index (χ0v) is 14.1. The molecule has 3 rings (SSSR count). The zero-order valence-electron chi connectivity index (χ0n) is 14.1. The van der Waals surface area contributed by atoms with Crippen LogP contribution in [0.25, 0.3) is 5.57 Å². The maximum atomic E-state index is 11.6. The third-order valence-electron chi connectivity index (χ3n) is 4.37. The Morgan fingerprint density at radius 1 is 0.917 bits per heavy atom. The van der Waals surface area contributed by atoms with Crippen molar-refractivity contribution in [3.8, 4) is 17.2 Å². The smallest absolute Gasteiger partial charge is 0.203 e. The van der Waals surface area contributed by atoms with Crippen LogP contribution >= 0.6 is 0 Å². The third kappa shape index (κ3) is 2.64. The molecule has 4 nitrogen and oxygen atoms in total. The topological polar surface area (TPSA) is 44.8 Å². The first-order valence-electron chi connectivity index (χ1n) is 7.80. The molecule has 0 saturated heterocycles. The monoisotopic (exact) mass is 324 g/mol. The summed E-state index contributed by atoms with van der Waals surface area (Å²) in [6.07, 6.45) is 2.55. The van der Waals surface area contributed by atoms with Gasteiger partial charge in [0.15, 0.2) is 11.5 Å². The predicted octanol–water partition coefficient (Wildman–Crippen LogP) is 3.66. The Labute approximate surface area is 141 Å². The van der Waals surface area contributed by atoms with Crippen molar-refractivity contribution in [3.63, 3.8) is 0 Å². The molecule has 0 atom stereocenters. The van der Waals surface area contributed by atoms with E-state index in [1.807, 2.05) is 24.3 Å². The van der Waals surface area contributed by atoms with E-state index in [0.717, 1.165) is 41.4 Å². The van der Waals surface area contributed by atoms with Crippen LogP contribution in [-0.2, 0) is 11.2 Å². The van der Waals surface area contributed by atoms with Gasteiger partial charge in [0.05, 0.1) is 21.3 Å². The second kappa shape index (κ2) is 6.79. The summed E-state index contributed by atoms with van der Waals surface area (Å²) in [6.45, 7) is 0. The van der Waals surface area contributed by atoms with Crippen molar-refractivity contribution >= 4 is 11.9 Å². The van der Waals surface area contributed by atoms with Crippen LogP contribution in [0.5, 0.6) is 17.2 Å². The highest BCUT2D eigenvalue weighted by atomic mass is 16.5. The molecule has 0 saturated carbocycles. The number of allylic oxidation sites excluding steroid dienone is 1. The third-order valence-corrected chi connectivity index (χ3v) is 4.37. The number of ether oxygens (including phenoxy) is 3. The summed E-state index contributed by atoms with van der Waals surface area (Å²) in [5.41, 5.74) is 4.94. The molecule has 1 aliphatic rings. The molecular formula is C20H20O4. The van der Waals surface area contributed by atoms with Gasteiger partial charge >= 0.3 is 0 Å². The Bertz CT molecular complexity index is 780. The van der Waals surface area contributed by atoms with Crippen LogP contribution in [0.15, 0.2) is 42.0 Å². The second-order valence-corrected chi connectivity index (χ2v) is 5.59. The number of hydrogen-bond donors (Lipinski definition) is 0. The summed E-state index contributed by atoms with van der Waals surface area (Å²) in [5, 5.41) is 0. The van der Waals surface area contributed by atoms with Gasteiger partial charge in [0.25, 0.3) is 0 Å². The van der Waals surface area contributed by atoms with Gasteiger partial charge in [-0.05, 0) is 47.2 Å². The number of benzene rings is 2. The molecule has 0 N–H and O–H groups in total. The first-order valence-corrected chi connectivity index (χ1v) is 7.80. The SMILES string of the molecule is COc1cc(C2=C(C=O)CCc3ccccc32)cc(OC)c1OC. The number of carbonyl (C=O) groups is 1. The number of aldehydes is 1. The van der Waals surface area contributed by atoms with Crippen LogP contribution in [0.3, 0.4) is 0 Å². The van der Waals surface area contributed by atoms with Crippen LogP contribution in [0, 0.1) is 0 Å². The van der Waals surface area contributed by atoms with Gasteiger partial charge in [0.2, 0.25) is 5.75 Å². The Balaban J connectivity index is 2.26. The quantitative estimate of drug-likeness (QED) is 0.787. The summed E-state index contributed by atoms with van der Waals surface area (Å²) >= 11 is 0. The van der Waals surface area contributed by atoms with Crippen LogP contribution < -0.4 is 14.2 Å². The molecule has 0 bridgehead atoms. The minimum Gasteiger partial charge on any atom is -0.493 e. The van der Waals surface area contributed by atoms with E-state index in [2.05, 4.69) is 12.1 Å². The van der Waals surface area contributed by atoms with Crippen molar-refractivity contribution in [2.24, 2.45) is 0 Å². The molecule has 0 spiro atoms. The van der Waals surface area contributed by atoms with Gasteiger partial charge in [0.1, 0.15) is 6.29 Å². The van der Waals surface area contributed by atoms with E-state index in [9.17, 15) is 4.79 Å². The lowest BCUT2D eigenvalue weighted by Crippen LogP contribution is -2.08. The van der Waals surface area contributed by atoms with E-state index < -0.39 is 0 Å². The second-order valence-electron chi connectivity index (χ2n) is 5.59. The van der Waals surface area contributed by atoms with Gasteiger partial charge in [-0.15, -0.1) is 0 Å². The minimum atomic E-state index is 0.543. The molecule has 24 heavy (non-hydrogen) atoms. The first kappa shape index (κ1) is 16.1. The Kier molecular flexibility index (Phi) is 4.56. The average Bonchev–Trinajstić information content (AvgIpc) is 2.65. The van der Waals surface area contributed by atoms with Crippen molar-refractivity contribution in [2.75, 3.05) is 21.3 Å². The van der Waals surface area contributed by atoms with Crippen molar-refractivity contribution in [1.29, 1.82) is 0 Å². The maximum Gasteiger partial charge on any atom is 0.203 e. The highest BCUT2D eigenvalue weighted by Crippen LogP contribution is 2.43. The summed E-state index contributed by atoms with van der Waals surface area (Å²) in [4.78, 5) is 11.6. The van der Waals surface area contributed by atoms with Crippen LogP contribution in [-0.4, -0.2) is 27.6 Å². The lowest BCUT2D eigenvalue weighted by Gasteiger charge is -2.23. The van der Waals surface area contributed by atoms with E-state index in [0.29, 0.717) is 17.2 Å². The largest absolute Gasteiger partial charge is 0.493 e. The molecule has 0 aliphatic heterocycles.